The van der Waals surface area contributed by atoms with Gasteiger partial charge in [0.1, 0.15) is 67.1 Å². The molecule has 0 aromatic rings. The van der Waals surface area contributed by atoms with Gasteiger partial charge in [-0.1, -0.05) is 6.42 Å². The number of amides is 3. The number of ether oxygens (including phenoxy) is 6. The molecule has 0 radical (unpaired) electrons. The van der Waals surface area contributed by atoms with Crippen molar-refractivity contribution in [1.29, 1.82) is 0 Å². The van der Waals surface area contributed by atoms with Crippen LogP contribution in [0, 0.1) is 0 Å². The molecule has 21 heteroatoms. The minimum absolute atomic E-state index is 0.00117. The lowest BCUT2D eigenvalue weighted by Gasteiger charge is -2.50. The van der Waals surface area contributed by atoms with Crippen LogP contribution in [0.4, 0.5) is 4.79 Å². The van der Waals surface area contributed by atoms with Crippen LogP contribution in [0.3, 0.4) is 0 Å². The Morgan fingerprint density at radius 2 is 1.56 bits per heavy atom. The molecule has 0 saturated carbocycles. The van der Waals surface area contributed by atoms with Crippen molar-refractivity contribution in [2.75, 3.05) is 19.0 Å². The second-order valence-electron chi connectivity index (χ2n) is 14.0. The first-order chi connectivity index (χ1) is 24.6. The molecule has 11 N–H and O–H groups in total. The Labute approximate surface area is 303 Å². The highest BCUT2D eigenvalue weighted by molar-refractivity contribution is 8.00. The first kappa shape index (κ1) is 41.2. The van der Waals surface area contributed by atoms with E-state index in [0.29, 0.717) is 12.8 Å². The molecule has 52 heavy (non-hydrogen) atoms. The smallest absolute Gasteiger partial charge is 0.315 e. The maximum atomic E-state index is 12.9. The molecule has 4 unspecified atom stereocenters. The summed E-state index contributed by atoms with van der Waals surface area (Å²) in [6, 6.07) is -1.49. The second-order valence-corrected chi connectivity index (χ2v) is 15.2. The molecule has 0 spiro atoms. The number of esters is 1. The average molecular weight is 770 g/mol. The van der Waals surface area contributed by atoms with Gasteiger partial charge in [-0.3, -0.25) is 9.59 Å². The van der Waals surface area contributed by atoms with E-state index in [-0.39, 0.29) is 29.8 Å². The van der Waals surface area contributed by atoms with Crippen LogP contribution in [0.5, 0.6) is 0 Å². The zero-order valence-corrected chi connectivity index (χ0v) is 29.7. The SMILES string of the molecule is CC(=O)N[C@H]1C(O[C@H]2[C@H](O)[C@H](O)C(C)(OC(=O)CCCCC3SC[C@@H]4NC(=O)N[C@H]34)O[C@@H]2C)O[C@H](CO)[C@@H](O)[C@@H]1OC1O[C@H](CO)[C@H](O)[C@H](O)[C@H]1O. The fourth-order valence-electron chi connectivity index (χ4n) is 7.31. The summed E-state index contributed by atoms with van der Waals surface area (Å²) >= 11 is 1.76. The molecule has 20 nitrogen and oxygen atoms in total. The number of fused-ring (bicyclic) bond motifs is 1. The van der Waals surface area contributed by atoms with Crippen LogP contribution < -0.4 is 16.0 Å². The maximum Gasteiger partial charge on any atom is 0.315 e. The van der Waals surface area contributed by atoms with Crippen molar-refractivity contribution >= 4 is 29.7 Å². The van der Waals surface area contributed by atoms with Crippen LogP contribution in [0.25, 0.3) is 0 Å². The standard InChI is InChI=1S/C31H51N3O17S/c1-11-25(24(43)27(44)31(3,50-11)51-17(38)7-5-4-6-16-18-13(10-52-16)33-30(45)34-18)48-28-19(32-12(2)37)26(21(40)15(9-36)46-28)49-29-23(42)22(41)20(39)14(8-35)47-29/h11,13-16,18-29,35-36,39-44H,4-10H2,1-3H3,(H,32,37)(H2,33,34,45)/t11-,13+,14-,15-,16?,18+,19-,20+,21-,22+,23-,24+,25-,26-,27+,28?,29?,31?/m1/s1. The maximum absolute atomic E-state index is 12.9. The van der Waals surface area contributed by atoms with Gasteiger partial charge in [0.25, 0.3) is 0 Å². The topological polar surface area (TPSA) is 305 Å². The molecule has 5 rings (SSSR count). The quantitative estimate of drug-likeness (QED) is 0.0476. The third-order valence-corrected chi connectivity index (χ3v) is 11.6. The Kier molecular flexibility index (Phi) is 13.7. The van der Waals surface area contributed by atoms with Crippen molar-refractivity contribution in [3.05, 3.63) is 0 Å². The van der Waals surface area contributed by atoms with Gasteiger partial charge in [-0.05, 0) is 19.8 Å². The number of aliphatic hydroxyl groups excluding tert-OH is 8. The predicted molar refractivity (Wildman–Crippen MR) is 174 cm³/mol. The number of aliphatic hydroxyl groups is 8. The minimum atomic E-state index is -1.99. The molecule has 5 saturated heterocycles. The van der Waals surface area contributed by atoms with Crippen molar-refractivity contribution in [3.8, 4) is 0 Å². The molecule has 5 aliphatic rings. The summed E-state index contributed by atoms with van der Waals surface area (Å²) < 4.78 is 34.4. The van der Waals surface area contributed by atoms with E-state index < -0.39 is 117 Å². The number of rotatable bonds is 13. The third-order valence-electron chi connectivity index (χ3n) is 10.1. The molecule has 5 aliphatic heterocycles. The Balaban J connectivity index is 1.21. The molecule has 5 heterocycles. The van der Waals surface area contributed by atoms with Crippen molar-refractivity contribution in [3.63, 3.8) is 0 Å². The number of carbonyl (C=O) groups is 3. The molecule has 0 aliphatic carbocycles. The highest BCUT2D eigenvalue weighted by atomic mass is 32.2. The first-order valence-corrected chi connectivity index (χ1v) is 18.4. The fraction of sp³-hybridized carbons (Fsp3) is 0.903. The number of carbonyl (C=O) groups excluding carboxylic acids is 3. The van der Waals surface area contributed by atoms with E-state index >= 15 is 0 Å². The Bertz CT molecular complexity index is 1250. The molecule has 0 bridgehead atoms. The Morgan fingerprint density at radius 1 is 0.904 bits per heavy atom. The van der Waals surface area contributed by atoms with E-state index in [1.165, 1.54) is 13.8 Å². The van der Waals surface area contributed by atoms with Gasteiger partial charge in [-0.15, -0.1) is 0 Å². The fourth-order valence-corrected chi connectivity index (χ4v) is 8.85. The Hall–Kier alpha value is -1.96. The molecule has 0 aromatic heterocycles. The van der Waals surface area contributed by atoms with E-state index in [9.17, 15) is 55.2 Å². The lowest BCUT2D eigenvalue weighted by molar-refractivity contribution is -0.376. The van der Waals surface area contributed by atoms with Gasteiger partial charge in [-0.25, -0.2) is 4.79 Å². The lowest BCUT2D eigenvalue weighted by atomic mass is 9.92. The van der Waals surface area contributed by atoms with Crippen LogP contribution in [0.2, 0.25) is 0 Å². The van der Waals surface area contributed by atoms with E-state index in [2.05, 4.69) is 16.0 Å². The number of hydrogen-bond donors (Lipinski definition) is 11. The number of urea groups is 1. The number of unbranched alkanes of at least 4 members (excludes halogenated alkanes) is 1. The van der Waals surface area contributed by atoms with Crippen LogP contribution in [-0.4, -0.2) is 187 Å². The number of hydrogen-bond acceptors (Lipinski definition) is 18. The summed E-state index contributed by atoms with van der Waals surface area (Å²) in [5.41, 5.74) is 0. The zero-order chi connectivity index (χ0) is 38.1. The van der Waals surface area contributed by atoms with Crippen molar-refractivity contribution in [2.24, 2.45) is 0 Å². The van der Waals surface area contributed by atoms with Gasteiger partial charge in [0.2, 0.25) is 11.7 Å². The molecule has 5 fully saturated rings. The van der Waals surface area contributed by atoms with Gasteiger partial charge in [0, 0.05) is 31.3 Å². The summed E-state index contributed by atoms with van der Waals surface area (Å²) in [6.45, 7) is 2.32. The third kappa shape index (κ3) is 8.78. The summed E-state index contributed by atoms with van der Waals surface area (Å²) in [4.78, 5) is 36.8. The molecule has 0 aromatic carbocycles. The summed E-state index contributed by atoms with van der Waals surface area (Å²) in [7, 11) is 0. The molecule has 18 atom stereocenters. The van der Waals surface area contributed by atoms with E-state index in [1.807, 2.05) is 0 Å². The van der Waals surface area contributed by atoms with Gasteiger partial charge in [0.05, 0.1) is 31.4 Å². The monoisotopic (exact) mass is 769 g/mol. The van der Waals surface area contributed by atoms with E-state index in [1.54, 1.807) is 11.8 Å². The summed E-state index contributed by atoms with van der Waals surface area (Å²) in [6.07, 6.45) is -19.1. The van der Waals surface area contributed by atoms with Crippen LogP contribution in [-0.2, 0) is 38.0 Å². The largest absolute Gasteiger partial charge is 0.430 e. The van der Waals surface area contributed by atoms with E-state index in [0.717, 1.165) is 19.1 Å². The summed E-state index contributed by atoms with van der Waals surface area (Å²) in [5.74, 6) is -2.52. The number of thioether (sulfide) groups is 1. The van der Waals surface area contributed by atoms with Crippen LogP contribution in [0.1, 0.15) is 46.5 Å². The molecular weight excluding hydrogens is 718 g/mol. The summed E-state index contributed by atoms with van der Waals surface area (Å²) in [5, 5.41) is 92.5. The van der Waals surface area contributed by atoms with Gasteiger partial charge >= 0.3 is 12.0 Å². The highest BCUT2D eigenvalue weighted by Crippen LogP contribution is 2.37. The van der Waals surface area contributed by atoms with Gasteiger partial charge in [-0.2, -0.15) is 11.8 Å². The van der Waals surface area contributed by atoms with Crippen molar-refractivity contribution < 1.29 is 83.7 Å². The first-order valence-electron chi connectivity index (χ1n) is 17.4. The van der Waals surface area contributed by atoms with Crippen LogP contribution >= 0.6 is 11.8 Å². The molecule has 3 amide bonds. The zero-order valence-electron chi connectivity index (χ0n) is 28.9. The molecular formula is C31H51N3O17S. The Morgan fingerprint density at radius 3 is 2.23 bits per heavy atom. The minimum Gasteiger partial charge on any atom is -0.430 e. The number of nitrogens with one attached hydrogen (secondary N) is 3. The lowest BCUT2D eigenvalue weighted by Crippen LogP contribution is -2.70. The van der Waals surface area contributed by atoms with Crippen LogP contribution in [0.15, 0.2) is 0 Å². The van der Waals surface area contributed by atoms with Crippen molar-refractivity contribution in [2.45, 2.75) is 155 Å². The normalized spacial score (nSPS) is 46.2. The second kappa shape index (κ2) is 17.2. The van der Waals surface area contributed by atoms with E-state index in [4.69, 9.17) is 28.4 Å². The van der Waals surface area contributed by atoms with Gasteiger partial charge in [0.15, 0.2) is 12.6 Å². The average Bonchev–Trinajstić information content (AvgIpc) is 3.65. The molecule has 298 valence electrons. The predicted octanol–water partition coefficient (Wildman–Crippen LogP) is -4.73. The highest BCUT2D eigenvalue weighted by Gasteiger charge is 2.57. The van der Waals surface area contributed by atoms with Crippen molar-refractivity contribution in [1.82, 2.24) is 16.0 Å². The van der Waals surface area contributed by atoms with Gasteiger partial charge < -0.3 is 85.2 Å².